The molecule has 1 amide bonds. The van der Waals surface area contributed by atoms with E-state index >= 15 is 0 Å². The molecular weight excluding hydrogens is 502 g/mol. The number of hydrogen-bond acceptors (Lipinski definition) is 4. The van der Waals surface area contributed by atoms with E-state index in [0.717, 1.165) is 22.9 Å². The van der Waals surface area contributed by atoms with Crippen LogP contribution in [0.5, 0.6) is 0 Å². The minimum absolute atomic E-state index is 0.145. The van der Waals surface area contributed by atoms with Crippen molar-refractivity contribution in [3.63, 3.8) is 0 Å². The van der Waals surface area contributed by atoms with Gasteiger partial charge in [0.25, 0.3) is 5.91 Å². The molecule has 0 atom stereocenters. The molecule has 0 saturated carbocycles. The molecule has 8 nitrogen and oxygen atoms in total. The highest BCUT2D eigenvalue weighted by Gasteiger charge is 2.34. The first kappa shape index (κ1) is 25.5. The summed E-state index contributed by atoms with van der Waals surface area (Å²) in [5, 5.41) is 13.4. The summed E-state index contributed by atoms with van der Waals surface area (Å²) in [5.41, 5.74) is 6.10. The summed E-state index contributed by atoms with van der Waals surface area (Å²) in [6.07, 6.45) is 0.866. The third-order valence-electron chi connectivity index (χ3n) is 7.07. The number of hydrogen-bond donors (Lipinski definition) is 2. The van der Waals surface area contributed by atoms with Crippen LogP contribution in [-0.2, 0) is 34.3 Å². The fourth-order valence-electron chi connectivity index (χ4n) is 5.32. The molecule has 2 heterocycles. The van der Waals surface area contributed by atoms with Crippen LogP contribution in [0.2, 0.25) is 0 Å². The first-order chi connectivity index (χ1) is 18.1. The molecule has 0 radical (unpaired) electrons. The normalized spacial score (nSPS) is 13.1. The van der Waals surface area contributed by atoms with Crippen molar-refractivity contribution < 1.29 is 23.1 Å². The van der Waals surface area contributed by atoms with Gasteiger partial charge in [0, 0.05) is 18.5 Å². The number of rotatable bonds is 7. The average Bonchev–Trinajstić information content (AvgIpc) is 3.26. The van der Waals surface area contributed by atoms with Crippen molar-refractivity contribution in [2.45, 2.75) is 33.4 Å². The highest BCUT2D eigenvalue weighted by atomic mass is 32.2. The van der Waals surface area contributed by atoms with E-state index in [4.69, 9.17) is 0 Å². The average molecular weight is 532 g/mol. The number of sulfonamides is 1. The summed E-state index contributed by atoms with van der Waals surface area (Å²) in [6, 6.07) is 19.1. The largest absolute Gasteiger partial charge is 0.481 e. The first-order valence-electron chi connectivity index (χ1n) is 12.3. The molecule has 3 aromatic carbocycles. The number of aromatic nitrogens is 1. The minimum atomic E-state index is -3.65. The van der Waals surface area contributed by atoms with E-state index < -0.39 is 16.0 Å². The zero-order valence-corrected chi connectivity index (χ0v) is 22.3. The van der Waals surface area contributed by atoms with Gasteiger partial charge in [-0.05, 0) is 47.7 Å². The maximum Gasteiger partial charge on any atom is 0.307 e. The second kappa shape index (κ2) is 9.64. The Balaban J connectivity index is 1.78. The molecular formula is C29H29N3O5S. The Kier molecular flexibility index (Phi) is 6.48. The summed E-state index contributed by atoms with van der Waals surface area (Å²) in [4.78, 5) is 25.4. The van der Waals surface area contributed by atoms with Crippen LogP contribution in [0.4, 0.5) is 5.69 Å². The lowest BCUT2D eigenvalue weighted by atomic mass is 9.89. The van der Waals surface area contributed by atoms with Crippen molar-refractivity contribution in [2.75, 3.05) is 17.1 Å². The quantitative estimate of drug-likeness (QED) is 0.370. The number of aliphatic carboxylic acids is 1. The molecule has 0 aliphatic carbocycles. The van der Waals surface area contributed by atoms with Crippen LogP contribution < -0.4 is 9.62 Å². The molecule has 1 aliphatic rings. The van der Waals surface area contributed by atoms with E-state index in [1.165, 1.54) is 4.31 Å². The maximum atomic E-state index is 13.5. The van der Waals surface area contributed by atoms with Crippen LogP contribution in [0.3, 0.4) is 0 Å². The van der Waals surface area contributed by atoms with Crippen molar-refractivity contribution in [1.29, 1.82) is 0 Å². The van der Waals surface area contributed by atoms with Crippen LogP contribution in [0, 0.1) is 13.8 Å². The lowest BCUT2D eigenvalue weighted by Crippen LogP contribution is -2.38. The second-order valence-corrected chi connectivity index (χ2v) is 11.6. The van der Waals surface area contributed by atoms with Crippen LogP contribution in [0.25, 0.3) is 22.0 Å². The lowest BCUT2D eigenvalue weighted by molar-refractivity contribution is -0.136. The smallest absolute Gasteiger partial charge is 0.307 e. The van der Waals surface area contributed by atoms with Gasteiger partial charge in [0.2, 0.25) is 10.0 Å². The number of carboxylic acids is 1. The van der Waals surface area contributed by atoms with Crippen molar-refractivity contribution in [3.05, 3.63) is 88.6 Å². The van der Waals surface area contributed by atoms with Crippen LogP contribution in [0.1, 0.15) is 32.7 Å². The van der Waals surface area contributed by atoms with Crippen molar-refractivity contribution in [1.82, 2.24) is 9.88 Å². The molecule has 0 bridgehead atoms. The molecule has 1 aromatic heterocycles. The van der Waals surface area contributed by atoms with Gasteiger partial charge in [-0.15, -0.1) is 0 Å². The Morgan fingerprint density at radius 3 is 2.32 bits per heavy atom. The molecule has 5 rings (SSSR count). The predicted molar refractivity (Wildman–Crippen MR) is 148 cm³/mol. The van der Waals surface area contributed by atoms with E-state index in [9.17, 15) is 23.1 Å². The van der Waals surface area contributed by atoms with Crippen LogP contribution in [-0.4, -0.2) is 42.8 Å². The zero-order valence-electron chi connectivity index (χ0n) is 21.5. The fourth-order valence-corrected chi connectivity index (χ4v) is 6.28. The molecule has 2 N–H and O–H groups in total. The van der Waals surface area contributed by atoms with Crippen LogP contribution >= 0.6 is 0 Å². The van der Waals surface area contributed by atoms with Gasteiger partial charge in [-0.2, -0.15) is 0 Å². The minimum Gasteiger partial charge on any atom is -0.481 e. The lowest BCUT2D eigenvalue weighted by Gasteiger charge is -2.32. The summed E-state index contributed by atoms with van der Waals surface area (Å²) < 4.78 is 28.9. The third kappa shape index (κ3) is 4.54. The number of aryl methyl sites for hydroxylation is 1. The Bertz CT molecular complexity index is 1670. The Labute approximate surface area is 221 Å². The number of nitrogens with one attached hydrogen (secondary N) is 1. The number of carboxylic acid groups (broad SMARTS) is 1. The topological polar surface area (TPSA) is 109 Å². The van der Waals surface area contributed by atoms with Gasteiger partial charge >= 0.3 is 5.97 Å². The number of carbonyl (C=O) groups is 2. The molecule has 1 aliphatic heterocycles. The molecule has 0 saturated heterocycles. The van der Waals surface area contributed by atoms with Gasteiger partial charge in [0.1, 0.15) is 5.69 Å². The number of anilines is 1. The molecule has 38 heavy (non-hydrogen) atoms. The highest BCUT2D eigenvalue weighted by molar-refractivity contribution is 7.92. The summed E-state index contributed by atoms with van der Waals surface area (Å²) in [7, 11) is -3.65. The SMILES string of the molecule is Cc1ccc(-c2c(CC(=O)O)c(C)c3c4c2cc(C(=O)NCc2ccccc2)n4CCN3S(C)(=O)=O)cc1. The van der Waals surface area contributed by atoms with E-state index in [-0.39, 0.29) is 18.9 Å². The standard InChI is InChI=1S/C29H29N3O5S/c1-18-9-11-21(12-10-18)26-22(16-25(33)34)19(2)27-28-23(26)15-24(31(28)13-14-32(27)38(3,36)37)29(35)30-17-20-7-5-4-6-8-20/h4-12,15H,13-14,16-17H2,1-3H3,(H,30,35)(H,33,34). The summed E-state index contributed by atoms with van der Waals surface area (Å²) >= 11 is 0. The van der Waals surface area contributed by atoms with Gasteiger partial charge in [-0.1, -0.05) is 60.2 Å². The monoisotopic (exact) mass is 531 g/mol. The summed E-state index contributed by atoms with van der Waals surface area (Å²) in [6.45, 7) is 4.52. The van der Waals surface area contributed by atoms with E-state index in [1.807, 2.05) is 66.1 Å². The number of benzene rings is 3. The molecule has 9 heteroatoms. The number of carbonyl (C=O) groups excluding carboxylic acids is 1. The molecule has 4 aromatic rings. The van der Waals surface area contributed by atoms with Crippen molar-refractivity contribution >= 4 is 38.5 Å². The predicted octanol–water partition coefficient (Wildman–Crippen LogP) is 4.26. The Hall–Kier alpha value is -4.11. The Morgan fingerprint density at radius 2 is 1.68 bits per heavy atom. The van der Waals surface area contributed by atoms with E-state index in [1.54, 1.807) is 13.0 Å². The first-order valence-corrected chi connectivity index (χ1v) is 14.2. The molecule has 0 spiro atoms. The Morgan fingerprint density at radius 1 is 1.00 bits per heavy atom. The summed E-state index contributed by atoms with van der Waals surface area (Å²) in [5.74, 6) is -1.30. The molecule has 0 unspecified atom stereocenters. The van der Waals surface area contributed by atoms with Crippen molar-refractivity contribution in [2.24, 2.45) is 0 Å². The maximum absolute atomic E-state index is 13.5. The van der Waals surface area contributed by atoms with Gasteiger partial charge in [-0.25, -0.2) is 8.42 Å². The second-order valence-electron chi connectivity index (χ2n) is 9.71. The molecule has 0 fully saturated rings. The number of nitrogens with zero attached hydrogens (tertiary/aromatic N) is 2. The van der Waals surface area contributed by atoms with Crippen molar-refractivity contribution in [3.8, 4) is 11.1 Å². The third-order valence-corrected chi connectivity index (χ3v) is 8.24. The zero-order chi connectivity index (χ0) is 27.2. The van der Waals surface area contributed by atoms with E-state index in [2.05, 4.69) is 5.32 Å². The van der Waals surface area contributed by atoms with Gasteiger partial charge in [0.05, 0.1) is 30.4 Å². The van der Waals surface area contributed by atoms with Gasteiger partial charge < -0.3 is 15.0 Å². The van der Waals surface area contributed by atoms with Crippen LogP contribution in [0.15, 0.2) is 60.7 Å². The highest BCUT2D eigenvalue weighted by Crippen LogP contribution is 2.45. The van der Waals surface area contributed by atoms with E-state index in [0.29, 0.717) is 52.1 Å². The van der Waals surface area contributed by atoms with Gasteiger partial charge in [-0.3, -0.25) is 13.9 Å². The fraction of sp³-hybridized carbons (Fsp3) is 0.241. The van der Waals surface area contributed by atoms with Gasteiger partial charge in [0.15, 0.2) is 0 Å². The molecule has 196 valence electrons. The number of amides is 1.